The van der Waals surface area contributed by atoms with Crippen molar-refractivity contribution in [3.63, 3.8) is 0 Å². The van der Waals surface area contributed by atoms with E-state index in [0.717, 1.165) is 43.9 Å². The molecule has 1 saturated heterocycles. The molecular weight excluding hydrogens is 254 g/mol. The molecule has 5 heteroatoms. The van der Waals surface area contributed by atoms with Crippen molar-refractivity contribution in [3.8, 4) is 0 Å². The van der Waals surface area contributed by atoms with E-state index in [1.54, 1.807) is 0 Å². The van der Waals surface area contributed by atoms with Gasteiger partial charge in [0.05, 0.1) is 5.69 Å². The normalized spacial score (nSPS) is 18.1. The van der Waals surface area contributed by atoms with Crippen molar-refractivity contribution in [2.24, 2.45) is 0 Å². The zero-order valence-electron chi connectivity index (χ0n) is 12.5. The van der Waals surface area contributed by atoms with Crippen LogP contribution in [0.2, 0.25) is 0 Å². The molecule has 0 atom stereocenters. The molecule has 0 amide bonds. The number of hydrogen-bond acceptors (Lipinski definition) is 5. The van der Waals surface area contributed by atoms with Gasteiger partial charge in [-0.15, -0.1) is 0 Å². The molecule has 112 valence electrons. The second-order valence-electron chi connectivity index (χ2n) is 5.09. The van der Waals surface area contributed by atoms with E-state index in [1.807, 2.05) is 19.2 Å². The lowest BCUT2D eigenvalue weighted by Crippen LogP contribution is -2.38. The molecule has 1 fully saturated rings. The SMILES string of the molecule is CCCNCc1ccnc(C2(OCC)CCOCC2)n1. The van der Waals surface area contributed by atoms with Gasteiger partial charge in [0.1, 0.15) is 5.60 Å². The van der Waals surface area contributed by atoms with Crippen LogP contribution >= 0.6 is 0 Å². The van der Waals surface area contributed by atoms with E-state index in [0.29, 0.717) is 19.8 Å². The summed E-state index contributed by atoms with van der Waals surface area (Å²) in [6.07, 6.45) is 4.61. The molecule has 0 aromatic carbocycles. The molecule has 0 saturated carbocycles. The van der Waals surface area contributed by atoms with Crippen molar-refractivity contribution in [2.75, 3.05) is 26.4 Å². The zero-order valence-corrected chi connectivity index (χ0v) is 12.5. The molecule has 1 aliphatic rings. The quantitative estimate of drug-likeness (QED) is 0.774. The van der Waals surface area contributed by atoms with Gasteiger partial charge in [-0.3, -0.25) is 0 Å². The van der Waals surface area contributed by atoms with E-state index < -0.39 is 0 Å². The van der Waals surface area contributed by atoms with Crippen molar-refractivity contribution >= 4 is 0 Å². The molecule has 20 heavy (non-hydrogen) atoms. The van der Waals surface area contributed by atoms with Crippen molar-refractivity contribution < 1.29 is 9.47 Å². The molecular formula is C15H25N3O2. The van der Waals surface area contributed by atoms with E-state index >= 15 is 0 Å². The maximum atomic E-state index is 6.01. The molecule has 2 heterocycles. The van der Waals surface area contributed by atoms with E-state index in [1.165, 1.54) is 0 Å². The highest BCUT2D eigenvalue weighted by Gasteiger charge is 2.38. The van der Waals surface area contributed by atoms with Crippen molar-refractivity contribution in [1.82, 2.24) is 15.3 Å². The second kappa shape index (κ2) is 7.67. The van der Waals surface area contributed by atoms with E-state index in [9.17, 15) is 0 Å². The summed E-state index contributed by atoms with van der Waals surface area (Å²) >= 11 is 0. The highest BCUT2D eigenvalue weighted by molar-refractivity contribution is 5.09. The highest BCUT2D eigenvalue weighted by Crippen LogP contribution is 2.33. The molecule has 1 N–H and O–H groups in total. The first-order valence-corrected chi connectivity index (χ1v) is 7.55. The molecule has 1 aromatic rings. The average molecular weight is 279 g/mol. The summed E-state index contributed by atoms with van der Waals surface area (Å²) < 4.78 is 11.5. The Morgan fingerprint density at radius 3 is 2.85 bits per heavy atom. The minimum Gasteiger partial charge on any atom is -0.381 e. The lowest BCUT2D eigenvalue weighted by Gasteiger charge is -2.35. The number of nitrogens with one attached hydrogen (secondary N) is 1. The third-order valence-electron chi connectivity index (χ3n) is 3.57. The maximum absolute atomic E-state index is 6.01. The predicted octanol–water partition coefficient (Wildman–Crippen LogP) is 2.02. The van der Waals surface area contributed by atoms with Crippen LogP contribution in [0.5, 0.6) is 0 Å². The number of rotatable bonds is 7. The summed E-state index contributed by atoms with van der Waals surface area (Å²) in [5.74, 6) is 0.804. The van der Waals surface area contributed by atoms with Crippen LogP contribution < -0.4 is 5.32 Å². The van der Waals surface area contributed by atoms with Crippen LogP contribution in [0.1, 0.15) is 44.6 Å². The summed E-state index contributed by atoms with van der Waals surface area (Å²) in [7, 11) is 0. The summed E-state index contributed by atoms with van der Waals surface area (Å²) in [6.45, 7) is 8.05. The van der Waals surface area contributed by atoms with E-state index in [4.69, 9.17) is 14.5 Å². The lowest BCUT2D eigenvalue weighted by atomic mass is 9.93. The van der Waals surface area contributed by atoms with Gasteiger partial charge in [0.2, 0.25) is 0 Å². The molecule has 2 rings (SSSR count). The first kappa shape index (κ1) is 15.4. The fourth-order valence-corrected chi connectivity index (χ4v) is 2.52. The Labute approximate surface area is 121 Å². The van der Waals surface area contributed by atoms with Gasteiger partial charge < -0.3 is 14.8 Å². The Balaban J connectivity index is 2.13. The van der Waals surface area contributed by atoms with Crippen LogP contribution in [0, 0.1) is 0 Å². The van der Waals surface area contributed by atoms with Crippen molar-refractivity contribution in [1.29, 1.82) is 0 Å². The minimum absolute atomic E-state index is 0.367. The Bertz CT molecular complexity index is 400. The van der Waals surface area contributed by atoms with Gasteiger partial charge in [0, 0.05) is 45.4 Å². The Hall–Kier alpha value is -1.04. The zero-order chi connectivity index (χ0) is 14.3. The largest absolute Gasteiger partial charge is 0.381 e. The summed E-state index contributed by atoms with van der Waals surface area (Å²) in [4.78, 5) is 9.17. The standard InChI is InChI=1S/C15H25N3O2/c1-3-8-16-12-13-5-9-17-14(18-13)15(20-4-2)6-10-19-11-7-15/h5,9,16H,3-4,6-8,10-12H2,1-2H3. The summed E-state index contributed by atoms with van der Waals surface area (Å²) in [5, 5.41) is 3.37. The topological polar surface area (TPSA) is 56.3 Å². The first-order chi connectivity index (χ1) is 9.80. The van der Waals surface area contributed by atoms with E-state index in [2.05, 4.69) is 17.2 Å². The number of aromatic nitrogens is 2. The Morgan fingerprint density at radius 1 is 1.35 bits per heavy atom. The van der Waals surface area contributed by atoms with Gasteiger partial charge in [0.25, 0.3) is 0 Å². The molecule has 0 bridgehead atoms. The van der Waals surface area contributed by atoms with E-state index in [-0.39, 0.29) is 5.60 Å². The minimum atomic E-state index is -0.367. The van der Waals surface area contributed by atoms with Crippen LogP contribution in [0.15, 0.2) is 12.3 Å². The predicted molar refractivity (Wildman–Crippen MR) is 77.4 cm³/mol. The summed E-state index contributed by atoms with van der Waals surface area (Å²) in [6, 6.07) is 1.96. The fraction of sp³-hybridized carbons (Fsp3) is 0.733. The first-order valence-electron chi connectivity index (χ1n) is 7.55. The van der Waals surface area contributed by atoms with Gasteiger partial charge in [-0.25, -0.2) is 9.97 Å². The van der Waals surface area contributed by atoms with Crippen molar-refractivity contribution in [2.45, 2.75) is 45.3 Å². The lowest BCUT2D eigenvalue weighted by molar-refractivity contribution is -0.118. The molecule has 5 nitrogen and oxygen atoms in total. The van der Waals surface area contributed by atoms with Gasteiger partial charge in [-0.1, -0.05) is 6.92 Å². The highest BCUT2D eigenvalue weighted by atomic mass is 16.5. The van der Waals surface area contributed by atoms with Gasteiger partial charge in [-0.2, -0.15) is 0 Å². The monoisotopic (exact) mass is 279 g/mol. The molecule has 1 aliphatic heterocycles. The van der Waals surface area contributed by atoms with Crippen LogP contribution in [0.4, 0.5) is 0 Å². The summed E-state index contributed by atoms with van der Waals surface area (Å²) in [5.41, 5.74) is 0.655. The maximum Gasteiger partial charge on any atom is 0.160 e. The number of nitrogens with zero attached hydrogens (tertiary/aromatic N) is 2. The fourth-order valence-electron chi connectivity index (χ4n) is 2.52. The smallest absolute Gasteiger partial charge is 0.160 e. The Morgan fingerprint density at radius 2 is 2.15 bits per heavy atom. The Kier molecular flexibility index (Phi) is 5.88. The molecule has 0 spiro atoms. The molecule has 0 radical (unpaired) electrons. The molecule has 0 unspecified atom stereocenters. The number of ether oxygens (including phenoxy) is 2. The second-order valence-corrected chi connectivity index (χ2v) is 5.09. The van der Waals surface area contributed by atoms with Crippen LogP contribution in [0.3, 0.4) is 0 Å². The van der Waals surface area contributed by atoms with Crippen molar-refractivity contribution in [3.05, 3.63) is 23.8 Å². The van der Waals surface area contributed by atoms with Crippen LogP contribution in [0.25, 0.3) is 0 Å². The average Bonchev–Trinajstić information content (AvgIpc) is 2.49. The third-order valence-corrected chi connectivity index (χ3v) is 3.57. The molecule has 0 aliphatic carbocycles. The van der Waals surface area contributed by atoms with Crippen LogP contribution in [-0.4, -0.2) is 36.3 Å². The third kappa shape index (κ3) is 3.75. The van der Waals surface area contributed by atoms with Gasteiger partial charge in [-0.05, 0) is 26.0 Å². The van der Waals surface area contributed by atoms with Gasteiger partial charge in [0.15, 0.2) is 5.82 Å². The molecule has 1 aromatic heterocycles. The number of hydrogen-bond donors (Lipinski definition) is 1. The van der Waals surface area contributed by atoms with Gasteiger partial charge >= 0.3 is 0 Å². The van der Waals surface area contributed by atoms with Crippen LogP contribution in [-0.2, 0) is 21.6 Å².